The van der Waals surface area contributed by atoms with Crippen molar-refractivity contribution in [2.45, 2.75) is 32.4 Å². The second kappa shape index (κ2) is 4.82. The highest BCUT2D eigenvalue weighted by atomic mass is 32.1. The Labute approximate surface area is 88.7 Å². The SMILES string of the molecule is CNCc1nnc(CC(C)(C)OC)s1. The molecule has 1 N–H and O–H groups in total. The highest BCUT2D eigenvalue weighted by molar-refractivity contribution is 7.11. The Morgan fingerprint density at radius 3 is 2.57 bits per heavy atom. The number of hydrogen-bond acceptors (Lipinski definition) is 5. The molecule has 0 atom stereocenters. The van der Waals surface area contributed by atoms with Gasteiger partial charge in [-0.3, -0.25) is 0 Å². The summed E-state index contributed by atoms with van der Waals surface area (Å²) in [7, 11) is 3.62. The van der Waals surface area contributed by atoms with Crippen molar-refractivity contribution in [3.8, 4) is 0 Å². The number of nitrogens with zero attached hydrogens (tertiary/aromatic N) is 2. The lowest BCUT2D eigenvalue weighted by Crippen LogP contribution is -2.25. The summed E-state index contributed by atoms with van der Waals surface area (Å²) in [5.74, 6) is 0. The van der Waals surface area contributed by atoms with Crippen LogP contribution in [0.1, 0.15) is 23.9 Å². The molecule has 0 aromatic carbocycles. The van der Waals surface area contributed by atoms with Gasteiger partial charge in [0.1, 0.15) is 10.0 Å². The van der Waals surface area contributed by atoms with Crippen molar-refractivity contribution < 1.29 is 4.74 Å². The van der Waals surface area contributed by atoms with Crippen LogP contribution >= 0.6 is 11.3 Å². The van der Waals surface area contributed by atoms with Crippen molar-refractivity contribution in [2.75, 3.05) is 14.2 Å². The van der Waals surface area contributed by atoms with Crippen LogP contribution in [0.25, 0.3) is 0 Å². The Morgan fingerprint density at radius 2 is 2.00 bits per heavy atom. The van der Waals surface area contributed by atoms with Gasteiger partial charge in [-0.2, -0.15) is 0 Å². The molecule has 14 heavy (non-hydrogen) atoms. The van der Waals surface area contributed by atoms with Crippen LogP contribution in [0.15, 0.2) is 0 Å². The molecule has 0 aliphatic rings. The average molecular weight is 215 g/mol. The molecule has 0 saturated heterocycles. The van der Waals surface area contributed by atoms with Crippen LogP contribution in [0.2, 0.25) is 0 Å². The molecule has 0 amide bonds. The zero-order valence-electron chi connectivity index (χ0n) is 9.13. The maximum atomic E-state index is 5.33. The summed E-state index contributed by atoms with van der Waals surface area (Å²) in [6, 6.07) is 0. The fourth-order valence-corrected chi connectivity index (χ4v) is 2.09. The van der Waals surface area contributed by atoms with E-state index in [1.807, 2.05) is 20.9 Å². The molecule has 0 fully saturated rings. The first-order chi connectivity index (χ1) is 6.57. The lowest BCUT2D eigenvalue weighted by atomic mass is 10.1. The van der Waals surface area contributed by atoms with Crippen LogP contribution in [0.4, 0.5) is 0 Å². The Morgan fingerprint density at radius 1 is 1.36 bits per heavy atom. The van der Waals surface area contributed by atoms with Crippen LogP contribution < -0.4 is 5.32 Å². The second-order valence-corrected chi connectivity index (χ2v) is 4.91. The first-order valence-electron chi connectivity index (χ1n) is 4.58. The zero-order chi connectivity index (χ0) is 10.6. The van der Waals surface area contributed by atoms with E-state index in [2.05, 4.69) is 15.5 Å². The van der Waals surface area contributed by atoms with Crippen LogP contribution in [-0.4, -0.2) is 30.0 Å². The van der Waals surface area contributed by atoms with Gasteiger partial charge in [-0.1, -0.05) is 0 Å². The molecule has 0 aliphatic carbocycles. The molecule has 5 heteroatoms. The quantitative estimate of drug-likeness (QED) is 0.802. The summed E-state index contributed by atoms with van der Waals surface area (Å²) >= 11 is 1.63. The van der Waals surface area contributed by atoms with Crippen molar-refractivity contribution in [2.24, 2.45) is 0 Å². The van der Waals surface area contributed by atoms with Gasteiger partial charge >= 0.3 is 0 Å². The number of methoxy groups -OCH3 is 1. The standard InChI is InChI=1S/C9H17N3OS/c1-9(2,13-4)5-7-11-12-8(14-7)6-10-3/h10H,5-6H2,1-4H3. The second-order valence-electron chi connectivity index (χ2n) is 3.76. The molecule has 80 valence electrons. The van der Waals surface area contributed by atoms with E-state index in [0.29, 0.717) is 0 Å². The summed E-state index contributed by atoms with van der Waals surface area (Å²) in [6.07, 6.45) is 0.810. The number of ether oxygens (including phenoxy) is 1. The van der Waals surface area contributed by atoms with Crippen molar-refractivity contribution >= 4 is 11.3 Å². The molecule has 0 saturated carbocycles. The molecule has 4 nitrogen and oxygen atoms in total. The van der Waals surface area contributed by atoms with Gasteiger partial charge in [0.05, 0.1) is 5.60 Å². The van der Waals surface area contributed by atoms with Gasteiger partial charge < -0.3 is 10.1 Å². The van der Waals surface area contributed by atoms with E-state index in [1.165, 1.54) is 0 Å². The van der Waals surface area contributed by atoms with Crippen LogP contribution in [0.5, 0.6) is 0 Å². The Balaban J connectivity index is 2.59. The maximum Gasteiger partial charge on any atom is 0.131 e. The van der Waals surface area contributed by atoms with Crippen molar-refractivity contribution in [1.82, 2.24) is 15.5 Å². The molecule has 1 aromatic heterocycles. The molecular formula is C9H17N3OS. The van der Waals surface area contributed by atoms with Gasteiger partial charge in [-0.15, -0.1) is 21.5 Å². The Hall–Kier alpha value is -0.520. The molecule has 0 spiro atoms. The molecular weight excluding hydrogens is 198 g/mol. The fraction of sp³-hybridized carbons (Fsp3) is 0.778. The largest absolute Gasteiger partial charge is 0.378 e. The minimum Gasteiger partial charge on any atom is -0.378 e. The number of rotatable bonds is 5. The Kier molecular flexibility index (Phi) is 3.97. The molecule has 0 bridgehead atoms. The summed E-state index contributed by atoms with van der Waals surface area (Å²) in [4.78, 5) is 0. The van der Waals surface area contributed by atoms with Crippen molar-refractivity contribution in [3.63, 3.8) is 0 Å². The van der Waals surface area contributed by atoms with Gasteiger partial charge in [-0.05, 0) is 20.9 Å². The lowest BCUT2D eigenvalue weighted by molar-refractivity contribution is 0.0230. The van der Waals surface area contributed by atoms with E-state index in [4.69, 9.17) is 4.74 Å². The van der Waals surface area contributed by atoms with Crippen LogP contribution in [0, 0.1) is 0 Å². The molecule has 1 aromatic rings. The van der Waals surface area contributed by atoms with E-state index in [-0.39, 0.29) is 5.60 Å². The lowest BCUT2D eigenvalue weighted by Gasteiger charge is -2.20. The van der Waals surface area contributed by atoms with Gasteiger partial charge in [0.15, 0.2) is 0 Å². The molecule has 1 rings (SSSR count). The van der Waals surface area contributed by atoms with Gasteiger partial charge in [0.2, 0.25) is 0 Å². The summed E-state index contributed by atoms with van der Waals surface area (Å²) < 4.78 is 5.33. The minimum atomic E-state index is -0.156. The first-order valence-corrected chi connectivity index (χ1v) is 5.40. The van der Waals surface area contributed by atoms with Crippen molar-refractivity contribution in [1.29, 1.82) is 0 Å². The smallest absolute Gasteiger partial charge is 0.131 e. The third-order valence-corrected chi connectivity index (χ3v) is 2.89. The predicted octanol–water partition coefficient (Wildman–Crippen LogP) is 1.22. The predicted molar refractivity (Wildman–Crippen MR) is 57.5 cm³/mol. The molecule has 0 aliphatic heterocycles. The number of hydrogen-bond donors (Lipinski definition) is 1. The van der Waals surface area contributed by atoms with E-state index in [9.17, 15) is 0 Å². The minimum absolute atomic E-state index is 0.156. The summed E-state index contributed by atoms with van der Waals surface area (Å²) in [5.41, 5.74) is -0.156. The third-order valence-electron chi connectivity index (χ3n) is 1.97. The highest BCUT2D eigenvalue weighted by Crippen LogP contribution is 2.18. The topological polar surface area (TPSA) is 47.0 Å². The van der Waals surface area contributed by atoms with E-state index >= 15 is 0 Å². The van der Waals surface area contributed by atoms with Crippen LogP contribution in [-0.2, 0) is 17.7 Å². The van der Waals surface area contributed by atoms with E-state index < -0.39 is 0 Å². The van der Waals surface area contributed by atoms with Gasteiger partial charge in [-0.25, -0.2) is 0 Å². The molecule has 0 unspecified atom stereocenters. The maximum absolute atomic E-state index is 5.33. The number of nitrogens with one attached hydrogen (secondary N) is 1. The monoisotopic (exact) mass is 215 g/mol. The average Bonchev–Trinajstić information content (AvgIpc) is 2.53. The van der Waals surface area contributed by atoms with Crippen molar-refractivity contribution in [3.05, 3.63) is 10.0 Å². The van der Waals surface area contributed by atoms with E-state index in [1.54, 1.807) is 18.4 Å². The summed E-state index contributed by atoms with van der Waals surface area (Å²) in [6.45, 7) is 4.88. The fourth-order valence-electron chi connectivity index (χ4n) is 1.02. The number of aromatic nitrogens is 2. The van der Waals surface area contributed by atoms with Gasteiger partial charge in [0.25, 0.3) is 0 Å². The third kappa shape index (κ3) is 3.32. The molecule has 0 radical (unpaired) electrons. The van der Waals surface area contributed by atoms with Gasteiger partial charge in [0, 0.05) is 20.1 Å². The Bertz CT molecular complexity index is 285. The van der Waals surface area contributed by atoms with E-state index in [0.717, 1.165) is 23.0 Å². The first kappa shape index (κ1) is 11.6. The normalized spacial score (nSPS) is 12.0. The highest BCUT2D eigenvalue weighted by Gasteiger charge is 2.19. The molecule has 1 heterocycles. The zero-order valence-corrected chi connectivity index (χ0v) is 9.94. The summed E-state index contributed by atoms with van der Waals surface area (Å²) in [5, 5.41) is 13.3. The van der Waals surface area contributed by atoms with Crippen LogP contribution in [0.3, 0.4) is 0 Å².